The van der Waals surface area contributed by atoms with Crippen LogP contribution in [0, 0.1) is 6.92 Å². The number of aryl methyl sites for hydroxylation is 1. The molecule has 1 fully saturated rings. The number of aliphatic carboxylic acids is 1. The number of carboxylic acid groups (broad SMARTS) is 1. The van der Waals surface area contributed by atoms with Crippen molar-refractivity contribution in [3.05, 3.63) is 59.7 Å². The third-order valence-electron chi connectivity index (χ3n) is 3.81. The molecule has 1 heterocycles. The fraction of sp³-hybridized carbons (Fsp3) is 0.316. The maximum absolute atomic E-state index is 12.5. The minimum atomic E-state index is -5.08. The van der Waals surface area contributed by atoms with Crippen LogP contribution in [0.25, 0.3) is 6.08 Å². The molecule has 0 bridgehead atoms. The summed E-state index contributed by atoms with van der Waals surface area (Å²) in [5.41, 5.74) is 2.06. The number of nitrogens with zero attached hydrogens (tertiary/aromatic N) is 2. The Balaban J connectivity index is 0.000000345. The molecule has 0 unspecified atom stereocenters. The molecule has 6 nitrogen and oxygen atoms in total. The number of alkyl halides is 3. The highest BCUT2D eigenvalue weighted by Crippen LogP contribution is 2.27. The standard InChI is InChI=1S/C17H19N3O.C2HF3O2/c1-13-12-18-16(19-13)17(21)20(15-9-10-15)11-5-8-14-6-3-2-4-7-14;3-2(4,5)1(6)7/h2-8,12,15H,9-11H2,1H3,(H,18,19);(H,6,7). The fourth-order valence-electron chi connectivity index (χ4n) is 2.31. The Labute approximate surface area is 159 Å². The Kier molecular flexibility index (Phi) is 6.97. The van der Waals surface area contributed by atoms with E-state index in [1.165, 1.54) is 0 Å². The Morgan fingerprint density at radius 3 is 2.36 bits per heavy atom. The molecular formula is C19H20F3N3O3. The van der Waals surface area contributed by atoms with E-state index in [-0.39, 0.29) is 5.91 Å². The summed E-state index contributed by atoms with van der Waals surface area (Å²) in [4.78, 5) is 30.4. The van der Waals surface area contributed by atoms with E-state index in [0.717, 1.165) is 24.1 Å². The lowest BCUT2D eigenvalue weighted by atomic mass is 10.2. The number of nitrogens with one attached hydrogen (secondary N) is 1. The van der Waals surface area contributed by atoms with Gasteiger partial charge >= 0.3 is 12.1 Å². The molecule has 0 aliphatic heterocycles. The van der Waals surface area contributed by atoms with Crippen LogP contribution in [0.1, 0.15) is 34.7 Å². The second kappa shape index (κ2) is 9.20. The quantitative estimate of drug-likeness (QED) is 0.809. The first-order valence-corrected chi connectivity index (χ1v) is 8.52. The summed E-state index contributed by atoms with van der Waals surface area (Å²) in [6.45, 7) is 2.53. The molecule has 150 valence electrons. The van der Waals surface area contributed by atoms with Crippen LogP contribution < -0.4 is 0 Å². The number of imidazole rings is 1. The van der Waals surface area contributed by atoms with Crippen LogP contribution in [-0.2, 0) is 4.79 Å². The van der Waals surface area contributed by atoms with Gasteiger partial charge in [-0.3, -0.25) is 4.79 Å². The molecule has 9 heteroatoms. The van der Waals surface area contributed by atoms with E-state index in [1.54, 1.807) is 6.20 Å². The van der Waals surface area contributed by atoms with Gasteiger partial charge in [0.2, 0.25) is 0 Å². The lowest BCUT2D eigenvalue weighted by Crippen LogP contribution is -2.34. The molecule has 1 aromatic heterocycles. The zero-order chi connectivity index (χ0) is 20.7. The lowest BCUT2D eigenvalue weighted by Gasteiger charge is -2.19. The number of hydrogen-bond donors (Lipinski definition) is 2. The molecule has 0 saturated heterocycles. The van der Waals surface area contributed by atoms with E-state index < -0.39 is 12.1 Å². The van der Waals surface area contributed by atoms with Crippen LogP contribution in [0.5, 0.6) is 0 Å². The molecule has 1 aliphatic carbocycles. The number of amides is 1. The minimum Gasteiger partial charge on any atom is -0.475 e. The molecule has 2 N–H and O–H groups in total. The summed E-state index contributed by atoms with van der Waals surface area (Å²) >= 11 is 0. The molecule has 0 radical (unpaired) electrons. The van der Waals surface area contributed by atoms with Crippen LogP contribution in [0.15, 0.2) is 42.6 Å². The zero-order valence-electron chi connectivity index (χ0n) is 15.1. The van der Waals surface area contributed by atoms with Crippen LogP contribution in [0.4, 0.5) is 13.2 Å². The monoisotopic (exact) mass is 395 g/mol. The third-order valence-corrected chi connectivity index (χ3v) is 3.81. The lowest BCUT2D eigenvalue weighted by molar-refractivity contribution is -0.192. The molecule has 1 aliphatic rings. The van der Waals surface area contributed by atoms with Crippen molar-refractivity contribution in [1.29, 1.82) is 0 Å². The highest BCUT2D eigenvalue weighted by molar-refractivity contribution is 5.91. The van der Waals surface area contributed by atoms with Crippen LogP contribution >= 0.6 is 0 Å². The number of carbonyl (C=O) groups excluding carboxylic acids is 1. The van der Waals surface area contributed by atoms with Gasteiger partial charge in [0.05, 0.1) is 0 Å². The Morgan fingerprint density at radius 2 is 1.89 bits per heavy atom. The van der Waals surface area contributed by atoms with Crippen molar-refractivity contribution in [2.24, 2.45) is 0 Å². The molecule has 1 saturated carbocycles. The van der Waals surface area contributed by atoms with Crippen molar-refractivity contribution in [2.45, 2.75) is 32.0 Å². The summed E-state index contributed by atoms with van der Waals surface area (Å²) in [7, 11) is 0. The Bertz CT molecular complexity index is 828. The predicted octanol–water partition coefficient (Wildman–Crippen LogP) is 3.67. The molecule has 0 spiro atoms. The van der Waals surface area contributed by atoms with Gasteiger partial charge in [0.25, 0.3) is 5.91 Å². The van der Waals surface area contributed by atoms with E-state index in [9.17, 15) is 18.0 Å². The molecule has 3 rings (SSSR count). The number of carboxylic acids is 1. The molecule has 1 amide bonds. The first-order valence-electron chi connectivity index (χ1n) is 8.52. The highest BCUT2D eigenvalue weighted by Gasteiger charge is 2.38. The number of halogens is 3. The summed E-state index contributed by atoms with van der Waals surface area (Å²) in [5, 5.41) is 7.12. The van der Waals surface area contributed by atoms with Crippen molar-refractivity contribution in [2.75, 3.05) is 6.54 Å². The maximum atomic E-state index is 12.5. The van der Waals surface area contributed by atoms with E-state index >= 15 is 0 Å². The largest absolute Gasteiger partial charge is 0.490 e. The number of H-pyrrole nitrogens is 1. The molecule has 0 atom stereocenters. The van der Waals surface area contributed by atoms with Crippen molar-refractivity contribution >= 4 is 18.0 Å². The van der Waals surface area contributed by atoms with E-state index in [2.05, 4.69) is 28.2 Å². The maximum Gasteiger partial charge on any atom is 0.490 e. The summed E-state index contributed by atoms with van der Waals surface area (Å²) in [6.07, 6.45) is 2.88. The van der Waals surface area contributed by atoms with Gasteiger partial charge in [0.1, 0.15) is 0 Å². The van der Waals surface area contributed by atoms with Crippen molar-refractivity contribution in [3.8, 4) is 0 Å². The molecule has 2 aromatic rings. The van der Waals surface area contributed by atoms with Crippen LogP contribution in [-0.4, -0.2) is 50.6 Å². The summed E-state index contributed by atoms with van der Waals surface area (Å²) in [6, 6.07) is 10.5. The first-order chi connectivity index (χ1) is 13.2. The summed E-state index contributed by atoms with van der Waals surface area (Å²) in [5.74, 6) is -2.33. The zero-order valence-corrected chi connectivity index (χ0v) is 15.1. The van der Waals surface area contributed by atoms with E-state index in [1.807, 2.05) is 36.1 Å². The normalized spacial score (nSPS) is 13.7. The number of carbonyl (C=O) groups is 2. The predicted molar refractivity (Wildman–Crippen MR) is 96.6 cm³/mol. The van der Waals surface area contributed by atoms with Gasteiger partial charge in [0.15, 0.2) is 5.82 Å². The minimum absolute atomic E-state index is 0.0108. The van der Waals surface area contributed by atoms with Crippen LogP contribution in [0.3, 0.4) is 0 Å². The molecule has 1 aromatic carbocycles. The summed E-state index contributed by atoms with van der Waals surface area (Å²) < 4.78 is 31.7. The Hall–Kier alpha value is -3.10. The van der Waals surface area contributed by atoms with E-state index in [0.29, 0.717) is 18.4 Å². The number of rotatable bonds is 5. The fourth-order valence-corrected chi connectivity index (χ4v) is 2.31. The van der Waals surface area contributed by atoms with Gasteiger partial charge in [-0.15, -0.1) is 0 Å². The van der Waals surface area contributed by atoms with Gasteiger partial charge in [0, 0.05) is 24.5 Å². The average Bonchev–Trinajstić information content (AvgIpc) is 3.39. The van der Waals surface area contributed by atoms with Crippen molar-refractivity contribution in [1.82, 2.24) is 14.9 Å². The van der Waals surface area contributed by atoms with Crippen molar-refractivity contribution in [3.63, 3.8) is 0 Å². The average molecular weight is 395 g/mol. The van der Waals surface area contributed by atoms with Gasteiger partial charge in [-0.1, -0.05) is 42.5 Å². The SMILES string of the molecule is Cc1cnc(C(=O)N(CC=Cc2ccccc2)C2CC2)[nH]1.O=C(O)C(F)(F)F. The van der Waals surface area contributed by atoms with Gasteiger partial charge in [-0.25, -0.2) is 9.78 Å². The van der Waals surface area contributed by atoms with E-state index in [4.69, 9.17) is 9.90 Å². The Morgan fingerprint density at radius 1 is 1.29 bits per heavy atom. The van der Waals surface area contributed by atoms with Crippen molar-refractivity contribution < 1.29 is 27.9 Å². The van der Waals surface area contributed by atoms with Crippen LogP contribution in [0.2, 0.25) is 0 Å². The topological polar surface area (TPSA) is 86.3 Å². The smallest absolute Gasteiger partial charge is 0.475 e. The number of hydrogen-bond acceptors (Lipinski definition) is 3. The van der Waals surface area contributed by atoms with Gasteiger partial charge in [-0.2, -0.15) is 13.2 Å². The first kappa shape index (κ1) is 21.2. The second-order valence-corrected chi connectivity index (χ2v) is 6.22. The molecule has 28 heavy (non-hydrogen) atoms. The number of benzene rings is 1. The molecular weight excluding hydrogens is 375 g/mol. The number of aromatic amines is 1. The second-order valence-electron chi connectivity index (χ2n) is 6.22. The third kappa shape index (κ3) is 6.57. The van der Waals surface area contributed by atoms with Gasteiger partial charge in [-0.05, 0) is 25.3 Å². The van der Waals surface area contributed by atoms with Gasteiger partial charge < -0.3 is 15.0 Å². The highest BCUT2D eigenvalue weighted by atomic mass is 19.4. The number of aromatic nitrogens is 2.